The Balaban J connectivity index is 2.16. The van der Waals surface area contributed by atoms with Gasteiger partial charge in [-0.15, -0.1) is 0 Å². The Morgan fingerprint density at radius 2 is 1.79 bits per heavy atom. The van der Waals surface area contributed by atoms with E-state index < -0.39 is 0 Å². The number of hydrogen-bond acceptors (Lipinski definition) is 2. The minimum Gasteiger partial charge on any atom is -0.381 e. The van der Waals surface area contributed by atoms with Gasteiger partial charge < -0.3 is 4.74 Å². The van der Waals surface area contributed by atoms with Crippen molar-refractivity contribution in [1.82, 2.24) is 4.90 Å². The van der Waals surface area contributed by atoms with Crippen molar-refractivity contribution in [2.45, 2.75) is 64.8 Å². The van der Waals surface area contributed by atoms with Crippen molar-refractivity contribution in [3.05, 3.63) is 0 Å². The summed E-state index contributed by atoms with van der Waals surface area (Å²) in [5.74, 6) is 0.937. The van der Waals surface area contributed by atoms with Gasteiger partial charge in [-0.1, -0.05) is 42.6 Å². The van der Waals surface area contributed by atoms with Gasteiger partial charge in [0, 0.05) is 31.1 Å². The second-order valence-electron chi connectivity index (χ2n) is 5.75. The first kappa shape index (κ1) is 17.5. The maximum Gasteiger partial charge on any atom is 0.0468 e. The predicted molar refractivity (Wildman–Crippen MR) is 87.1 cm³/mol. The Hall–Kier alpha value is 0.400. The summed E-state index contributed by atoms with van der Waals surface area (Å²) in [6.45, 7) is 9.10. The number of alkyl halides is 1. The van der Waals surface area contributed by atoms with Gasteiger partial charge in [-0.2, -0.15) is 0 Å². The molecule has 3 heteroatoms. The number of unbranched alkanes of at least 4 members (excludes halogenated alkanes) is 1. The topological polar surface area (TPSA) is 12.5 Å². The van der Waals surface area contributed by atoms with E-state index in [9.17, 15) is 0 Å². The largest absolute Gasteiger partial charge is 0.381 e. The molecule has 0 amide bonds. The Kier molecular flexibility index (Phi) is 10.2. The summed E-state index contributed by atoms with van der Waals surface area (Å²) in [4.78, 5) is 2.68. The van der Waals surface area contributed by atoms with Gasteiger partial charge >= 0.3 is 0 Å². The molecule has 0 unspecified atom stereocenters. The molecule has 1 heterocycles. The van der Waals surface area contributed by atoms with Crippen molar-refractivity contribution >= 4 is 15.9 Å². The second-order valence-corrected chi connectivity index (χ2v) is 6.54. The zero-order valence-corrected chi connectivity index (χ0v) is 14.5. The van der Waals surface area contributed by atoms with Crippen molar-refractivity contribution in [2.24, 2.45) is 5.92 Å². The predicted octanol–water partition coefficient (Wildman–Crippen LogP) is 4.47. The number of halogens is 1. The summed E-state index contributed by atoms with van der Waals surface area (Å²) < 4.78 is 5.42. The number of hydrogen-bond donors (Lipinski definition) is 0. The minimum atomic E-state index is 0.778. The second kappa shape index (κ2) is 11.1. The zero-order chi connectivity index (χ0) is 13.9. The quantitative estimate of drug-likeness (QED) is 0.432. The maximum atomic E-state index is 5.42. The average Bonchev–Trinajstić information content (AvgIpc) is 2.46. The molecule has 1 aliphatic heterocycles. The van der Waals surface area contributed by atoms with Gasteiger partial charge in [0.15, 0.2) is 0 Å². The van der Waals surface area contributed by atoms with Crippen molar-refractivity contribution in [3.63, 3.8) is 0 Å². The molecule has 1 saturated heterocycles. The van der Waals surface area contributed by atoms with Crippen LogP contribution in [0.5, 0.6) is 0 Å². The Morgan fingerprint density at radius 1 is 1.11 bits per heavy atom. The lowest BCUT2D eigenvalue weighted by Crippen LogP contribution is -2.36. The molecule has 1 rings (SSSR count). The fourth-order valence-corrected chi connectivity index (χ4v) is 3.63. The molecule has 0 spiro atoms. The minimum absolute atomic E-state index is 0.778. The van der Waals surface area contributed by atoms with Gasteiger partial charge in [0.05, 0.1) is 0 Å². The summed E-state index contributed by atoms with van der Waals surface area (Å²) in [5, 5.41) is 1.10. The van der Waals surface area contributed by atoms with E-state index in [1.807, 2.05) is 0 Å². The summed E-state index contributed by atoms with van der Waals surface area (Å²) in [7, 11) is 0. The molecule has 0 bridgehead atoms. The number of rotatable bonds is 10. The van der Waals surface area contributed by atoms with Crippen molar-refractivity contribution in [2.75, 3.05) is 31.6 Å². The lowest BCUT2D eigenvalue weighted by atomic mass is 9.94. The summed E-state index contributed by atoms with van der Waals surface area (Å²) >= 11 is 3.59. The van der Waals surface area contributed by atoms with Crippen LogP contribution in [-0.4, -0.2) is 42.6 Å². The molecule has 0 aromatic carbocycles. The molecule has 0 radical (unpaired) electrons. The fourth-order valence-electron chi connectivity index (χ4n) is 3.17. The average molecular weight is 334 g/mol. The van der Waals surface area contributed by atoms with Crippen LogP contribution < -0.4 is 0 Å². The molecule has 2 nitrogen and oxygen atoms in total. The fraction of sp³-hybridized carbons (Fsp3) is 1.00. The Morgan fingerprint density at radius 3 is 2.37 bits per heavy atom. The van der Waals surface area contributed by atoms with E-state index in [0.29, 0.717) is 0 Å². The molecule has 1 aliphatic rings. The van der Waals surface area contributed by atoms with Crippen LogP contribution in [0.3, 0.4) is 0 Å². The molecule has 1 fully saturated rings. The van der Waals surface area contributed by atoms with E-state index in [1.54, 1.807) is 0 Å². The smallest absolute Gasteiger partial charge is 0.0468 e. The van der Waals surface area contributed by atoms with Crippen LogP contribution in [0.2, 0.25) is 0 Å². The highest BCUT2D eigenvalue weighted by Crippen LogP contribution is 2.21. The van der Waals surface area contributed by atoms with Crippen LogP contribution in [0.25, 0.3) is 0 Å². The third-order valence-corrected chi connectivity index (χ3v) is 4.83. The van der Waals surface area contributed by atoms with Gasteiger partial charge in [-0.3, -0.25) is 4.90 Å². The molecule has 0 atom stereocenters. The van der Waals surface area contributed by atoms with Crippen LogP contribution in [0.4, 0.5) is 0 Å². The summed E-state index contributed by atoms with van der Waals surface area (Å²) in [6, 6.07) is 0.778. The number of nitrogens with zero attached hydrogens (tertiary/aromatic N) is 1. The summed E-state index contributed by atoms with van der Waals surface area (Å²) in [6.07, 6.45) is 9.31. The maximum absolute atomic E-state index is 5.42. The standard InChI is InChI=1S/C16H32BrNO/c1-3-16(4-2)18(12-10-17)11-6-5-7-15-8-13-19-14-9-15/h15-16H,3-14H2,1-2H3. The van der Waals surface area contributed by atoms with Gasteiger partial charge in [0.1, 0.15) is 0 Å². The normalized spacial score (nSPS) is 17.5. The van der Waals surface area contributed by atoms with Gasteiger partial charge in [-0.05, 0) is 44.6 Å². The molecule has 0 saturated carbocycles. The molecule has 0 aromatic heterocycles. The highest BCUT2D eigenvalue weighted by atomic mass is 79.9. The number of ether oxygens (including phenoxy) is 1. The van der Waals surface area contributed by atoms with E-state index in [1.165, 1.54) is 58.0 Å². The molecule has 114 valence electrons. The third kappa shape index (κ3) is 7.10. The molecule has 0 aliphatic carbocycles. The molecule has 19 heavy (non-hydrogen) atoms. The van der Waals surface area contributed by atoms with Crippen molar-refractivity contribution in [1.29, 1.82) is 0 Å². The van der Waals surface area contributed by atoms with E-state index in [4.69, 9.17) is 4.74 Å². The zero-order valence-electron chi connectivity index (χ0n) is 12.9. The van der Waals surface area contributed by atoms with E-state index in [2.05, 4.69) is 34.7 Å². The Labute approximate surface area is 128 Å². The van der Waals surface area contributed by atoms with E-state index >= 15 is 0 Å². The van der Waals surface area contributed by atoms with E-state index in [-0.39, 0.29) is 0 Å². The van der Waals surface area contributed by atoms with Crippen LogP contribution in [-0.2, 0) is 4.74 Å². The molecular formula is C16H32BrNO. The highest BCUT2D eigenvalue weighted by molar-refractivity contribution is 9.09. The Bertz CT molecular complexity index is 203. The van der Waals surface area contributed by atoms with E-state index in [0.717, 1.165) is 30.5 Å². The highest BCUT2D eigenvalue weighted by Gasteiger charge is 2.15. The van der Waals surface area contributed by atoms with Crippen LogP contribution in [0.15, 0.2) is 0 Å². The van der Waals surface area contributed by atoms with Crippen LogP contribution >= 0.6 is 15.9 Å². The van der Waals surface area contributed by atoms with Gasteiger partial charge in [0.2, 0.25) is 0 Å². The molecule has 0 N–H and O–H groups in total. The van der Waals surface area contributed by atoms with Crippen molar-refractivity contribution < 1.29 is 4.74 Å². The monoisotopic (exact) mass is 333 g/mol. The molecular weight excluding hydrogens is 302 g/mol. The summed E-state index contributed by atoms with van der Waals surface area (Å²) in [5.41, 5.74) is 0. The lowest BCUT2D eigenvalue weighted by Gasteiger charge is -2.30. The van der Waals surface area contributed by atoms with Gasteiger partial charge in [0.25, 0.3) is 0 Å². The van der Waals surface area contributed by atoms with Crippen LogP contribution in [0, 0.1) is 5.92 Å². The molecule has 0 aromatic rings. The van der Waals surface area contributed by atoms with Crippen LogP contribution in [0.1, 0.15) is 58.8 Å². The van der Waals surface area contributed by atoms with Gasteiger partial charge in [-0.25, -0.2) is 0 Å². The first-order chi connectivity index (χ1) is 9.31. The lowest BCUT2D eigenvalue weighted by molar-refractivity contribution is 0.0627. The first-order valence-electron chi connectivity index (χ1n) is 8.19. The SMILES string of the molecule is CCC(CC)N(CCBr)CCCCC1CCOCC1. The third-order valence-electron chi connectivity index (χ3n) is 4.48. The van der Waals surface area contributed by atoms with Crippen molar-refractivity contribution in [3.8, 4) is 0 Å². The first-order valence-corrected chi connectivity index (χ1v) is 9.31.